The summed E-state index contributed by atoms with van der Waals surface area (Å²) in [5.74, 6) is 0. The monoisotopic (exact) mass is 200 g/mol. The minimum atomic E-state index is 0.0764. The van der Waals surface area contributed by atoms with Crippen LogP contribution in [0, 0.1) is 6.92 Å². The lowest BCUT2D eigenvalue weighted by molar-refractivity contribution is 0.729. The van der Waals surface area contributed by atoms with Gasteiger partial charge < -0.3 is 4.57 Å². The van der Waals surface area contributed by atoms with Gasteiger partial charge in [-0.2, -0.15) is 0 Å². The van der Waals surface area contributed by atoms with Gasteiger partial charge in [0, 0.05) is 24.0 Å². The SMILES string of the molecule is Cc1cc(=O)c2cccnc2n1C1CC1. The molecule has 0 N–H and O–H groups in total. The van der Waals surface area contributed by atoms with Gasteiger partial charge in [-0.3, -0.25) is 4.79 Å². The van der Waals surface area contributed by atoms with Crippen molar-refractivity contribution in [2.45, 2.75) is 25.8 Å². The van der Waals surface area contributed by atoms with Crippen LogP contribution in [0.2, 0.25) is 0 Å². The summed E-state index contributed by atoms with van der Waals surface area (Å²) >= 11 is 0. The van der Waals surface area contributed by atoms with E-state index in [1.807, 2.05) is 19.1 Å². The van der Waals surface area contributed by atoms with Crippen LogP contribution in [0.5, 0.6) is 0 Å². The summed E-state index contributed by atoms with van der Waals surface area (Å²) in [4.78, 5) is 16.1. The first-order valence-electron chi connectivity index (χ1n) is 5.24. The van der Waals surface area contributed by atoms with Gasteiger partial charge in [-0.25, -0.2) is 4.98 Å². The van der Waals surface area contributed by atoms with Gasteiger partial charge in [0.15, 0.2) is 5.43 Å². The van der Waals surface area contributed by atoms with Crippen LogP contribution in [0.4, 0.5) is 0 Å². The van der Waals surface area contributed by atoms with E-state index >= 15 is 0 Å². The number of hydrogen-bond donors (Lipinski definition) is 0. The molecule has 1 saturated carbocycles. The van der Waals surface area contributed by atoms with Crippen LogP contribution in [-0.2, 0) is 0 Å². The maximum Gasteiger partial charge on any atom is 0.191 e. The minimum Gasteiger partial charge on any atom is -0.327 e. The molecule has 76 valence electrons. The highest BCUT2D eigenvalue weighted by Gasteiger charge is 2.26. The maximum absolute atomic E-state index is 11.7. The van der Waals surface area contributed by atoms with E-state index in [0.29, 0.717) is 6.04 Å². The average molecular weight is 200 g/mol. The Morgan fingerprint density at radius 3 is 3.00 bits per heavy atom. The van der Waals surface area contributed by atoms with E-state index in [1.54, 1.807) is 12.3 Å². The van der Waals surface area contributed by atoms with Crippen molar-refractivity contribution in [1.82, 2.24) is 9.55 Å². The van der Waals surface area contributed by atoms with E-state index in [-0.39, 0.29) is 5.43 Å². The molecule has 0 aliphatic heterocycles. The lowest BCUT2D eigenvalue weighted by atomic mass is 10.2. The predicted molar refractivity (Wildman–Crippen MR) is 59.0 cm³/mol. The maximum atomic E-state index is 11.7. The first-order chi connectivity index (χ1) is 7.27. The Labute approximate surface area is 87.4 Å². The number of pyridine rings is 2. The van der Waals surface area contributed by atoms with Crippen LogP contribution in [0.1, 0.15) is 24.6 Å². The third-order valence-corrected chi connectivity index (χ3v) is 2.91. The molecule has 1 aliphatic carbocycles. The van der Waals surface area contributed by atoms with Gasteiger partial charge in [0.25, 0.3) is 0 Å². The fourth-order valence-corrected chi connectivity index (χ4v) is 2.08. The van der Waals surface area contributed by atoms with Crippen LogP contribution in [0.25, 0.3) is 11.0 Å². The molecule has 1 fully saturated rings. The number of aromatic nitrogens is 2. The Hall–Kier alpha value is -1.64. The predicted octanol–water partition coefficient (Wildman–Crippen LogP) is 2.04. The van der Waals surface area contributed by atoms with E-state index in [1.165, 1.54) is 12.8 Å². The summed E-state index contributed by atoms with van der Waals surface area (Å²) in [5.41, 5.74) is 1.94. The highest BCUT2D eigenvalue weighted by atomic mass is 16.1. The van der Waals surface area contributed by atoms with Crippen LogP contribution in [0.15, 0.2) is 29.2 Å². The average Bonchev–Trinajstić information content (AvgIpc) is 3.02. The first-order valence-corrected chi connectivity index (χ1v) is 5.24. The van der Waals surface area contributed by atoms with Gasteiger partial charge in [0.05, 0.1) is 5.39 Å². The van der Waals surface area contributed by atoms with Crippen LogP contribution >= 0.6 is 0 Å². The van der Waals surface area contributed by atoms with E-state index in [9.17, 15) is 4.79 Å². The number of rotatable bonds is 1. The van der Waals surface area contributed by atoms with Crippen molar-refractivity contribution < 1.29 is 0 Å². The summed E-state index contributed by atoms with van der Waals surface area (Å²) in [5, 5.41) is 0.731. The molecule has 0 aromatic carbocycles. The van der Waals surface area contributed by atoms with Crippen LogP contribution in [0.3, 0.4) is 0 Å². The van der Waals surface area contributed by atoms with Crippen molar-refractivity contribution in [2.24, 2.45) is 0 Å². The standard InChI is InChI=1S/C12H12N2O/c1-8-7-11(15)10-3-2-6-13-12(10)14(8)9-4-5-9/h2-3,6-7,9H,4-5H2,1H3. The molecule has 3 nitrogen and oxygen atoms in total. The Bertz CT molecular complexity index is 582. The van der Waals surface area contributed by atoms with Crippen molar-refractivity contribution in [1.29, 1.82) is 0 Å². The molecule has 15 heavy (non-hydrogen) atoms. The third-order valence-electron chi connectivity index (χ3n) is 2.91. The lowest BCUT2D eigenvalue weighted by Crippen LogP contribution is -2.12. The van der Waals surface area contributed by atoms with E-state index in [4.69, 9.17) is 0 Å². The van der Waals surface area contributed by atoms with Crippen molar-refractivity contribution in [3.05, 3.63) is 40.3 Å². The first kappa shape index (κ1) is 8.65. The highest BCUT2D eigenvalue weighted by Crippen LogP contribution is 2.37. The molecule has 3 rings (SSSR count). The number of nitrogens with zero attached hydrogens (tertiary/aromatic N) is 2. The minimum absolute atomic E-state index is 0.0764. The Morgan fingerprint density at radius 1 is 1.47 bits per heavy atom. The largest absolute Gasteiger partial charge is 0.327 e. The molecule has 0 bridgehead atoms. The number of aryl methyl sites for hydroxylation is 1. The number of hydrogen-bond acceptors (Lipinski definition) is 2. The molecule has 1 aliphatic rings. The fraction of sp³-hybridized carbons (Fsp3) is 0.333. The molecule has 0 atom stereocenters. The molecule has 0 unspecified atom stereocenters. The van der Waals surface area contributed by atoms with Crippen molar-refractivity contribution >= 4 is 11.0 Å². The molecule has 0 radical (unpaired) electrons. The van der Waals surface area contributed by atoms with Gasteiger partial charge in [-0.1, -0.05) is 0 Å². The molecule has 0 saturated heterocycles. The zero-order valence-electron chi connectivity index (χ0n) is 8.60. The summed E-state index contributed by atoms with van der Waals surface area (Å²) in [7, 11) is 0. The second-order valence-electron chi connectivity index (χ2n) is 4.13. The molecule has 2 aromatic rings. The lowest BCUT2D eigenvalue weighted by Gasteiger charge is -2.11. The second kappa shape index (κ2) is 2.92. The third kappa shape index (κ3) is 1.27. The number of fused-ring (bicyclic) bond motifs is 1. The van der Waals surface area contributed by atoms with Crippen LogP contribution in [-0.4, -0.2) is 9.55 Å². The fourth-order valence-electron chi connectivity index (χ4n) is 2.08. The topological polar surface area (TPSA) is 34.9 Å². The Kier molecular flexibility index (Phi) is 1.69. The summed E-state index contributed by atoms with van der Waals surface area (Å²) < 4.78 is 2.19. The Balaban J connectivity index is 2.46. The summed E-state index contributed by atoms with van der Waals surface area (Å²) in [6.45, 7) is 1.98. The molecule has 2 heterocycles. The molecule has 3 heteroatoms. The summed E-state index contributed by atoms with van der Waals surface area (Å²) in [6.07, 6.45) is 4.16. The van der Waals surface area contributed by atoms with E-state index in [0.717, 1.165) is 16.7 Å². The molecular weight excluding hydrogens is 188 g/mol. The van der Waals surface area contributed by atoms with Crippen LogP contribution < -0.4 is 5.43 Å². The van der Waals surface area contributed by atoms with Crippen molar-refractivity contribution in [3.8, 4) is 0 Å². The zero-order chi connectivity index (χ0) is 10.4. The molecule has 0 spiro atoms. The zero-order valence-corrected chi connectivity index (χ0v) is 8.60. The van der Waals surface area contributed by atoms with Crippen molar-refractivity contribution in [3.63, 3.8) is 0 Å². The van der Waals surface area contributed by atoms with Gasteiger partial charge in [-0.15, -0.1) is 0 Å². The quantitative estimate of drug-likeness (QED) is 0.706. The molecule has 2 aromatic heterocycles. The molecular formula is C12H12N2O. The Morgan fingerprint density at radius 2 is 2.27 bits per heavy atom. The van der Waals surface area contributed by atoms with Gasteiger partial charge in [0.2, 0.25) is 0 Å². The van der Waals surface area contributed by atoms with E-state index in [2.05, 4.69) is 9.55 Å². The van der Waals surface area contributed by atoms with Gasteiger partial charge in [0.1, 0.15) is 5.65 Å². The second-order valence-corrected chi connectivity index (χ2v) is 4.13. The summed E-state index contributed by atoms with van der Waals surface area (Å²) in [6, 6.07) is 5.93. The van der Waals surface area contributed by atoms with Gasteiger partial charge >= 0.3 is 0 Å². The smallest absolute Gasteiger partial charge is 0.191 e. The van der Waals surface area contributed by atoms with Crippen molar-refractivity contribution in [2.75, 3.05) is 0 Å². The van der Waals surface area contributed by atoms with E-state index < -0.39 is 0 Å². The highest BCUT2D eigenvalue weighted by molar-refractivity contribution is 5.75. The van der Waals surface area contributed by atoms with Gasteiger partial charge in [-0.05, 0) is 31.9 Å². The normalized spacial score (nSPS) is 15.8. The molecule has 0 amide bonds.